The lowest BCUT2D eigenvalue weighted by Crippen LogP contribution is -2.26. The van der Waals surface area contributed by atoms with Crippen LogP contribution in [0.1, 0.15) is 37.8 Å². The van der Waals surface area contributed by atoms with Crippen molar-refractivity contribution in [2.75, 3.05) is 13.7 Å². The van der Waals surface area contributed by atoms with Gasteiger partial charge in [0.1, 0.15) is 0 Å². The number of hydrogen-bond acceptors (Lipinski definition) is 3. The predicted molar refractivity (Wildman–Crippen MR) is 108 cm³/mol. The third kappa shape index (κ3) is 6.37. The Hall–Kier alpha value is -1.52. The molecular formula is C21H28BrNO2. The molecule has 136 valence electrons. The molecule has 1 N–H and O–H groups in total. The Morgan fingerprint density at radius 3 is 2.60 bits per heavy atom. The maximum absolute atomic E-state index is 5.94. The van der Waals surface area contributed by atoms with E-state index in [1.165, 1.54) is 5.56 Å². The first-order valence-electron chi connectivity index (χ1n) is 8.90. The van der Waals surface area contributed by atoms with Crippen molar-refractivity contribution in [1.29, 1.82) is 0 Å². The Kier molecular flexibility index (Phi) is 8.29. The van der Waals surface area contributed by atoms with Gasteiger partial charge in [0, 0.05) is 22.6 Å². The molecule has 0 saturated carbocycles. The van der Waals surface area contributed by atoms with E-state index in [2.05, 4.69) is 71.5 Å². The summed E-state index contributed by atoms with van der Waals surface area (Å²) >= 11 is 3.56. The summed E-state index contributed by atoms with van der Waals surface area (Å²) in [5.41, 5.74) is 2.50. The zero-order chi connectivity index (χ0) is 18.1. The van der Waals surface area contributed by atoms with E-state index in [9.17, 15) is 0 Å². The van der Waals surface area contributed by atoms with Crippen LogP contribution in [0.15, 0.2) is 46.9 Å². The van der Waals surface area contributed by atoms with Crippen LogP contribution in [0, 0.1) is 0 Å². The van der Waals surface area contributed by atoms with E-state index in [1.807, 2.05) is 6.07 Å². The molecular weight excluding hydrogens is 378 g/mol. The standard InChI is InChI=1S/C21H28BrNO2/c1-4-12-25-21-18(13-19(22)14-20(21)24-3)15-23-16(2)10-11-17-8-6-5-7-9-17/h5-9,13-14,16,23H,4,10-12,15H2,1-3H3/t16-/m0/s1. The van der Waals surface area contributed by atoms with Crippen molar-refractivity contribution < 1.29 is 9.47 Å². The van der Waals surface area contributed by atoms with Gasteiger partial charge < -0.3 is 14.8 Å². The van der Waals surface area contributed by atoms with Crippen LogP contribution in [-0.4, -0.2) is 19.8 Å². The Balaban J connectivity index is 1.97. The molecule has 0 spiro atoms. The maximum Gasteiger partial charge on any atom is 0.165 e. The lowest BCUT2D eigenvalue weighted by molar-refractivity contribution is 0.289. The van der Waals surface area contributed by atoms with Crippen LogP contribution in [0.3, 0.4) is 0 Å². The third-order valence-electron chi connectivity index (χ3n) is 4.12. The minimum Gasteiger partial charge on any atom is -0.493 e. The average Bonchev–Trinajstić information content (AvgIpc) is 2.64. The number of rotatable bonds is 10. The molecule has 4 heteroatoms. The van der Waals surface area contributed by atoms with Crippen LogP contribution in [0.25, 0.3) is 0 Å². The van der Waals surface area contributed by atoms with E-state index in [1.54, 1.807) is 7.11 Å². The van der Waals surface area contributed by atoms with Gasteiger partial charge >= 0.3 is 0 Å². The van der Waals surface area contributed by atoms with E-state index in [4.69, 9.17) is 9.47 Å². The SMILES string of the molecule is CCCOc1c(CN[C@@H](C)CCc2ccccc2)cc(Br)cc1OC. The van der Waals surface area contributed by atoms with Crippen LogP contribution in [-0.2, 0) is 13.0 Å². The molecule has 2 aromatic rings. The Morgan fingerprint density at radius 1 is 1.16 bits per heavy atom. The van der Waals surface area contributed by atoms with Gasteiger partial charge in [-0.3, -0.25) is 0 Å². The van der Waals surface area contributed by atoms with Crippen molar-refractivity contribution in [3.8, 4) is 11.5 Å². The lowest BCUT2D eigenvalue weighted by atomic mass is 10.1. The fourth-order valence-electron chi connectivity index (χ4n) is 2.69. The minimum atomic E-state index is 0.421. The molecule has 0 radical (unpaired) electrons. The summed E-state index contributed by atoms with van der Waals surface area (Å²) in [6.07, 6.45) is 3.15. The van der Waals surface area contributed by atoms with Crippen molar-refractivity contribution in [3.63, 3.8) is 0 Å². The van der Waals surface area contributed by atoms with Gasteiger partial charge in [-0.2, -0.15) is 0 Å². The zero-order valence-corrected chi connectivity index (χ0v) is 16.9. The summed E-state index contributed by atoms with van der Waals surface area (Å²) in [5, 5.41) is 3.61. The van der Waals surface area contributed by atoms with Gasteiger partial charge in [-0.25, -0.2) is 0 Å². The molecule has 0 aliphatic carbocycles. The number of methoxy groups -OCH3 is 1. The van der Waals surface area contributed by atoms with Crippen LogP contribution in [0.4, 0.5) is 0 Å². The van der Waals surface area contributed by atoms with E-state index >= 15 is 0 Å². The van der Waals surface area contributed by atoms with Crippen LogP contribution >= 0.6 is 15.9 Å². The summed E-state index contributed by atoms with van der Waals surface area (Å²) in [5.74, 6) is 1.62. The highest BCUT2D eigenvalue weighted by Gasteiger charge is 2.13. The molecule has 0 saturated heterocycles. The number of ether oxygens (including phenoxy) is 2. The second-order valence-electron chi connectivity index (χ2n) is 6.25. The molecule has 25 heavy (non-hydrogen) atoms. The second-order valence-corrected chi connectivity index (χ2v) is 7.17. The smallest absolute Gasteiger partial charge is 0.165 e. The maximum atomic E-state index is 5.94. The van der Waals surface area contributed by atoms with Crippen molar-refractivity contribution in [2.24, 2.45) is 0 Å². The fraction of sp³-hybridized carbons (Fsp3) is 0.429. The molecule has 3 nitrogen and oxygen atoms in total. The van der Waals surface area contributed by atoms with Crippen LogP contribution in [0.2, 0.25) is 0 Å². The van der Waals surface area contributed by atoms with Gasteiger partial charge in [-0.1, -0.05) is 53.2 Å². The normalized spacial score (nSPS) is 12.0. The summed E-state index contributed by atoms with van der Waals surface area (Å²) in [6.45, 7) is 5.78. The molecule has 0 amide bonds. The monoisotopic (exact) mass is 405 g/mol. The molecule has 1 atom stereocenters. The highest BCUT2D eigenvalue weighted by molar-refractivity contribution is 9.10. The van der Waals surface area contributed by atoms with Gasteiger partial charge in [0.25, 0.3) is 0 Å². The highest BCUT2D eigenvalue weighted by Crippen LogP contribution is 2.35. The average molecular weight is 406 g/mol. The molecule has 0 aliphatic rings. The first kappa shape index (κ1) is 19.8. The minimum absolute atomic E-state index is 0.421. The summed E-state index contributed by atoms with van der Waals surface area (Å²) in [6, 6.07) is 15.1. The highest BCUT2D eigenvalue weighted by atomic mass is 79.9. The second kappa shape index (κ2) is 10.5. The van der Waals surface area contributed by atoms with Gasteiger partial charge in [-0.05, 0) is 43.9 Å². The third-order valence-corrected chi connectivity index (χ3v) is 4.57. The van der Waals surface area contributed by atoms with E-state index in [0.717, 1.165) is 47.3 Å². The quantitative estimate of drug-likeness (QED) is 0.577. The summed E-state index contributed by atoms with van der Waals surface area (Å²) < 4.78 is 12.4. The number of benzene rings is 2. The number of hydrogen-bond donors (Lipinski definition) is 1. The largest absolute Gasteiger partial charge is 0.493 e. The van der Waals surface area contributed by atoms with Crippen LogP contribution in [0.5, 0.6) is 11.5 Å². The number of aryl methyl sites for hydroxylation is 1. The van der Waals surface area contributed by atoms with Crippen LogP contribution < -0.4 is 14.8 Å². The molecule has 2 rings (SSSR count). The number of nitrogens with one attached hydrogen (secondary N) is 1. The first-order valence-corrected chi connectivity index (χ1v) is 9.69. The van der Waals surface area contributed by atoms with Gasteiger partial charge in [0.15, 0.2) is 11.5 Å². The molecule has 0 unspecified atom stereocenters. The van der Waals surface area contributed by atoms with Crippen molar-refractivity contribution in [3.05, 3.63) is 58.1 Å². The molecule has 0 heterocycles. The van der Waals surface area contributed by atoms with Gasteiger partial charge in [0.05, 0.1) is 13.7 Å². The van der Waals surface area contributed by atoms with E-state index in [-0.39, 0.29) is 0 Å². The molecule has 0 aromatic heterocycles. The van der Waals surface area contributed by atoms with Crippen molar-refractivity contribution in [2.45, 2.75) is 45.7 Å². The lowest BCUT2D eigenvalue weighted by Gasteiger charge is -2.18. The summed E-state index contributed by atoms with van der Waals surface area (Å²) in [4.78, 5) is 0. The Morgan fingerprint density at radius 2 is 1.92 bits per heavy atom. The van der Waals surface area contributed by atoms with Crippen molar-refractivity contribution >= 4 is 15.9 Å². The molecule has 0 fully saturated rings. The number of halogens is 1. The van der Waals surface area contributed by atoms with Gasteiger partial charge in [-0.15, -0.1) is 0 Å². The van der Waals surface area contributed by atoms with E-state index < -0.39 is 0 Å². The van der Waals surface area contributed by atoms with E-state index in [0.29, 0.717) is 12.6 Å². The van der Waals surface area contributed by atoms with Crippen molar-refractivity contribution in [1.82, 2.24) is 5.32 Å². The molecule has 2 aromatic carbocycles. The molecule has 0 bridgehead atoms. The Labute approximate surface area is 159 Å². The Bertz CT molecular complexity index is 646. The van der Waals surface area contributed by atoms with Gasteiger partial charge in [0.2, 0.25) is 0 Å². The topological polar surface area (TPSA) is 30.5 Å². The first-order chi connectivity index (χ1) is 12.1. The summed E-state index contributed by atoms with van der Waals surface area (Å²) in [7, 11) is 1.68. The molecule has 0 aliphatic heterocycles. The zero-order valence-electron chi connectivity index (χ0n) is 15.3. The fourth-order valence-corrected chi connectivity index (χ4v) is 3.17. The predicted octanol–water partition coefficient (Wildman–Crippen LogP) is 5.36.